The Kier molecular flexibility index (Phi) is 6.32. The largest absolute Gasteiger partial charge is 0.478 e. The van der Waals surface area contributed by atoms with Gasteiger partial charge in [0.25, 0.3) is 10.0 Å². The Morgan fingerprint density at radius 2 is 1.68 bits per heavy atom. The van der Waals surface area contributed by atoms with E-state index in [-0.39, 0.29) is 21.0 Å². The summed E-state index contributed by atoms with van der Waals surface area (Å²) in [6, 6.07) is 8.92. The average molecular weight is 428 g/mol. The number of sulfonamides is 2. The molecule has 0 atom stereocenters. The highest BCUT2D eigenvalue weighted by molar-refractivity contribution is 7.92. The summed E-state index contributed by atoms with van der Waals surface area (Å²) < 4.78 is 53.6. The Bertz CT molecular complexity index is 1100. The van der Waals surface area contributed by atoms with Crippen molar-refractivity contribution < 1.29 is 26.7 Å². The van der Waals surface area contributed by atoms with Crippen LogP contribution >= 0.6 is 0 Å². The molecule has 28 heavy (non-hydrogen) atoms. The van der Waals surface area contributed by atoms with Crippen LogP contribution in [-0.2, 0) is 20.0 Å². The molecule has 0 unspecified atom stereocenters. The fourth-order valence-electron chi connectivity index (χ4n) is 2.32. The van der Waals surface area contributed by atoms with Crippen LogP contribution in [0.3, 0.4) is 0 Å². The molecule has 0 aliphatic carbocycles. The lowest BCUT2D eigenvalue weighted by Crippen LogP contribution is -2.23. The van der Waals surface area contributed by atoms with Gasteiger partial charge >= 0.3 is 5.97 Å². The van der Waals surface area contributed by atoms with E-state index in [9.17, 15) is 21.6 Å². The Balaban J connectivity index is 2.53. The van der Waals surface area contributed by atoms with E-state index in [0.717, 1.165) is 10.4 Å². The summed E-state index contributed by atoms with van der Waals surface area (Å²) >= 11 is 0. The van der Waals surface area contributed by atoms with Crippen LogP contribution in [0.5, 0.6) is 0 Å². The van der Waals surface area contributed by atoms with Crippen LogP contribution in [0.2, 0.25) is 0 Å². The Labute approximate surface area is 164 Å². The molecule has 152 valence electrons. The fourth-order valence-corrected chi connectivity index (χ4v) is 4.37. The number of hydrogen-bond acceptors (Lipinski definition) is 6. The van der Waals surface area contributed by atoms with Crippen molar-refractivity contribution in [1.29, 1.82) is 0 Å². The molecule has 2 rings (SSSR count). The Hall–Kier alpha value is -2.63. The second-order valence-corrected chi connectivity index (χ2v) is 9.80. The highest BCUT2D eigenvalue weighted by Crippen LogP contribution is 2.29. The third kappa shape index (κ3) is 4.61. The standard InChI is InChI=1S/C17H21N3O6S2/c1-4-18-15-9-8-14(28(25,26)20(2)3)11-16(15)19-27(23,24)13-7-5-6-12(10-13)17(21)22/h5-11,18-19H,4H2,1-3H3,(H,21,22). The van der Waals surface area contributed by atoms with Crippen LogP contribution in [-0.4, -0.2) is 52.9 Å². The van der Waals surface area contributed by atoms with Crippen LogP contribution in [0.25, 0.3) is 0 Å². The predicted octanol–water partition coefficient (Wildman–Crippen LogP) is 1.87. The van der Waals surface area contributed by atoms with E-state index in [2.05, 4.69) is 10.0 Å². The predicted molar refractivity (Wildman–Crippen MR) is 106 cm³/mol. The van der Waals surface area contributed by atoms with E-state index < -0.39 is 26.0 Å². The first kappa shape index (κ1) is 21.7. The molecule has 0 heterocycles. The Morgan fingerprint density at radius 1 is 1.00 bits per heavy atom. The number of carbonyl (C=O) groups is 1. The molecule has 0 saturated heterocycles. The number of nitrogens with one attached hydrogen (secondary N) is 2. The van der Waals surface area contributed by atoms with Gasteiger partial charge in [-0.2, -0.15) is 0 Å². The first-order valence-corrected chi connectivity index (χ1v) is 11.1. The van der Waals surface area contributed by atoms with E-state index in [1.54, 1.807) is 6.92 Å². The summed E-state index contributed by atoms with van der Waals surface area (Å²) in [5.41, 5.74) is 0.238. The van der Waals surface area contributed by atoms with Gasteiger partial charge in [0, 0.05) is 20.6 Å². The molecule has 0 bridgehead atoms. The average Bonchev–Trinajstić information content (AvgIpc) is 2.63. The minimum Gasteiger partial charge on any atom is -0.478 e. The maximum absolute atomic E-state index is 12.7. The number of benzene rings is 2. The molecule has 9 nitrogen and oxygen atoms in total. The number of aromatic carboxylic acids is 1. The SMILES string of the molecule is CCNc1ccc(S(=O)(=O)N(C)C)cc1NS(=O)(=O)c1cccc(C(=O)O)c1. The molecule has 0 radical (unpaired) electrons. The van der Waals surface area contributed by atoms with Crippen molar-refractivity contribution in [3.63, 3.8) is 0 Å². The molecule has 0 saturated carbocycles. The summed E-state index contributed by atoms with van der Waals surface area (Å²) in [5.74, 6) is -1.26. The zero-order chi connectivity index (χ0) is 21.1. The zero-order valence-corrected chi connectivity index (χ0v) is 17.1. The lowest BCUT2D eigenvalue weighted by atomic mass is 10.2. The number of nitrogens with zero attached hydrogens (tertiary/aromatic N) is 1. The number of rotatable bonds is 8. The molecule has 11 heteroatoms. The van der Waals surface area contributed by atoms with Gasteiger partial charge in [0.05, 0.1) is 26.7 Å². The van der Waals surface area contributed by atoms with Crippen molar-refractivity contribution in [2.24, 2.45) is 0 Å². The molecule has 2 aromatic carbocycles. The van der Waals surface area contributed by atoms with Crippen molar-refractivity contribution in [3.8, 4) is 0 Å². The Morgan fingerprint density at radius 3 is 2.25 bits per heavy atom. The quantitative estimate of drug-likeness (QED) is 0.586. The van der Waals surface area contributed by atoms with Gasteiger partial charge in [-0.15, -0.1) is 0 Å². The molecule has 0 fully saturated rings. The monoisotopic (exact) mass is 427 g/mol. The third-order valence-corrected chi connectivity index (χ3v) is 6.95. The van der Waals surface area contributed by atoms with Crippen molar-refractivity contribution >= 4 is 37.4 Å². The minimum atomic E-state index is -4.15. The molecule has 0 aliphatic rings. The highest BCUT2D eigenvalue weighted by atomic mass is 32.2. The summed E-state index contributed by atoms with van der Waals surface area (Å²) in [4.78, 5) is 10.8. The number of carboxylic acids is 1. The van der Waals surface area contributed by atoms with E-state index in [4.69, 9.17) is 5.11 Å². The van der Waals surface area contributed by atoms with Crippen LogP contribution in [0.4, 0.5) is 11.4 Å². The van der Waals surface area contributed by atoms with Crippen LogP contribution < -0.4 is 10.0 Å². The molecule has 0 aliphatic heterocycles. The van der Waals surface area contributed by atoms with Gasteiger partial charge in [-0.3, -0.25) is 4.72 Å². The van der Waals surface area contributed by atoms with Crippen molar-refractivity contribution in [1.82, 2.24) is 4.31 Å². The lowest BCUT2D eigenvalue weighted by molar-refractivity contribution is 0.0696. The molecule has 2 aromatic rings. The summed E-state index contributed by atoms with van der Waals surface area (Å²) in [6.07, 6.45) is 0. The summed E-state index contributed by atoms with van der Waals surface area (Å²) in [5, 5.41) is 12.0. The van der Waals surface area contributed by atoms with Gasteiger partial charge in [-0.1, -0.05) is 6.07 Å². The summed E-state index contributed by atoms with van der Waals surface area (Å²) in [6.45, 7) is 2.28. The third-order valence-electron chi connectivity index (χ3n) is 3.77. The van der Waals surface area contributed by atoms with Gasteiger partial charge in [0.1, 0.15) is 0 Å². The normalized spacial score (nSPS) is 12.0. The maximum atomic E-state index is 12.7. The fraction of sp³-hybridized carbons (Fsp3) is 0.235. The zero-order valence-electron chi connectivity index (χ0n) is 15.5. The first-order valence-electron chi connectivity index (χ1n) is 8.15. The van der Waals surface area contributed by atoms with Crippen molar-refractivity contribution in [3.05, 3.63) is 48.0 Å². The molecule has 0 spiro atoms. The molecule has 0 aromatic heterocycles. The van der Waals surface area contributed by atoms with Gasteiger partial charge in [0.15, 0.2) is 0 Å². The minimum absolute atomic E-state index is 0.0329. The van der Waals surface area contributed by atoms with Crippen LogP contribution in [0, 0.1) is 0 Å². The molecule has 3 N–H and O–H groups in total. The van der Waals surface area contributed by atoms with Gasteiger partial charge in [-0.05, 0) is 43.3 Å². The van der Waals surface area contributed by atoms with E-state index in [0.29, 0.717) is 12.2 Å². The highest BCUT2D eigenvalue weighted by Gasteiger charge is 2.22. The topological polar surface area (TPSA) is 133 Å². The molecular weight excluding hydrogens is 406 g/mol. The molecule has 0 amide bonds. The maximum Gasteiger partial charge on any atom is 0.335 e. The lowest BCUT2D eigenvalue weighted by Gasteiger charge is -2.17. The van der Waals surface area contributed by atoms with Crippen LogP contribution in [0.1, 0.15) is 17.3 Å². The van der Waals surface area contributed by atoms with E-state index >= 15 is 0 Å². The number of hydrogen-bond donors (Lipinski definition) is 3. The second-order valence-electron chi connectivity index (χ2n) is 5.96. The van der Waals surface area contributed by atoms with Gasteiger partial charge < -0.3 is 10.4 Å². The number of carboxylic acid groups (broad SMARTS) is 1. The van der Waals surface area contributed by atoms with Gasteiger partial charge in [0.2, 0.25) is 10.0 Å². The van der Waals surface area contributed by atoms with Crippen molar-refractivity contribution in [2.75, 3.05) is 30.7 Å². The number of anilines is 2. The van der Waals surface area contributed by atoms with E-state index in [1.165, 1.54) is 50.5 Å². The van der Waals surface area contributed by atoms with Crippen LogP contribution in [0.15, 0.2) is 52.3 Å². The summed E-state index contributed by atoms with van der Waals surface area (Å²) in [7, 11) is -5.19. The van der Waals surface area contributed by atoms with Crippen molar-refractivity contribution in [2.45, 2.75) is 16.7 Å². The van der Waals surface area contributed by atoms with Gasteiger partial charge in [-0.25, -0.2) is 25.9 Å². The second kappa shape index (κ2) is 8.17. The smallest absolute Gasteiger partial charge is 0.335 e. The first-order chi connectivity index (χ1) is 13.0. The van der Waals surface area contributed by atoms with E-state index in [1.807, 2.05) is 0 Å². The molecular formula is C17H21N3O6S2.